The Morgan fingerprint density at radius 2 is 1.85 bits per heavy atom. The Labute approximate surface area is 198 Å². The second kappa shape index (κ2) is 11.1. The molecule has 2 aromatic heterocycles. The molecule has 0 N–H and O–H groups in total. The maximum absolute atomic E-state index is 12.9. The molecule has 0 saturated carbocycles. The lowest BCUT2D eigenvalue weighted by Gasteiger charge is -2.11. The van der Waals surface area contributed by atoms with Gasteiger partial charge in [-0.25, -0.2) is 4.68 Å². The smallest absolute Gasteiger partial charge is 0.185 e. The lowest BCUT2D eigenvalue weighted by molar-refractivity contribution is 0.104. The number of carbonyl (C=O) groups is 1. The van der Waals surface area contributed by atoms with E-state index in [9.17, 15) is 4.79 Å². The van der Waals surface area contributed by atoms with Crippen molar-refractivity contribution in [3.05, 3.63) is 96.5 Å². The van der Waals surface area contributed by atoms with Crippen LogP contribution in [0.4, 0.5) is 0 Å². The SMILES string of the molecule is COCCOc1ccc(C(=O)/C=C/c2cn(-c3ccccc3)nc2-c2cccnc2)cc1OC. The molecule has 0 spiro atoms. The third-order valence-electron chi connectivity index (χ3n) is 5.11. The number of para-hydroxylation sites is 1. The number of ether oxygens (including phenoxy) is 3. The molecule has 0 aliphatic carbocycles. The normalized spacial score (nSPS) is 11.0. The first-order chi connectivity index (χ1) is 16.7. The van der Waals surface area contributed by atoms with Crippen molar-refractivity contribution in [1.82, 2.24) is 14.8 Å². The quantitative estimate of drug-likeness (QED) is 0.193. The molecule has 0 aliphatic rings. The lowest BCUT2D eigenvalue weighted by atomic mass is 10.1. The zero-order valence-electron chi connectivity index (χ0n) is 19.0. The Morgan fingerprint density at radius 1 is 1.00 bits per heavy atom. The topological polar surface area (TPSA) is 75.5 Å². The average molecular weight is 456 g/mol. The average Bonchev–Trinajstić information content (AvgIpc) is 3.33. The molecule has 0 unspecified atom stereocenters. The Kier molecular flexibility index (Phi) is 7.47. The zero-order chi connectivity index (χ0) is 23.8. The van der Waals surface area contributed by atoms with Gasteiger partial charge in [0.05, 0.1) is 19.4 Å². The summed E-state index contributed by atoms with van der Waals surface area (Å²) < 4.78 is 17.8. The van der Waals surface area contributed by atoms with E-state index in [1.54, 1.807) is 55.6 Å². The minimum Gasteiger partial charge on any atom is -0.493 e. The van der Waals surface area contributed by atoms with Crippen molar-refractivity contribution in [3.63, 3.8) is 0 Å². The highest BCUT2D eigenvalue weighted by atomic mass is 16.5. The van der Waals surface area contributed by atoms with Gasteiger partial charge < -0.3 is 14.2 Å². The number of methoxy groups -OCH3 is 2. The van der Waals surface area contributed by atoms with Crippen LogP contribution < -0.4 is 9.47 Å². The molecule has 0 aliphatic heterocycles. The van der Waals surface area contributed by atoms with Gasteiger partial charge in [-0.3, -0.25) is 9.78 Å². The van der Waals surface area contributed by atoms with E-state index in [1.807, 2.05) is 48.7 Å². The second-order valence-electron chi connectivity index (χ2n) is 7.36. The van der Waals surface area contributed by atoms with Crippen molar-refractivity contribution in [1.29, 1.82) is 0 Å². The number of rotatable bonds is 10. The molecule has 2 heterocycles. The van der Waals surface area contributed by atoms with Crippen molar-refractivity contribution in [3.8, 4) is 28.4 Å². The van der Waals surface area contributed by atoms with Crippen molar-refractivity contribution >= 4 is 11.9 Å². The van der Waals surface area contributed by atoms with Crippen LogP contribution in [0.5, 0.6) is 11.5 Å². The standard InChI is InChI=1S/C27H25N3O4/c1-32-15-16-34-25-13-11-20(17-26(25)33-2)24(31)12-10-22-19-30(23-8-4-3-5-9-23)29-27(22)21-7-6-14-28-18-21/h3-14,17-19H,15-16H2,1-2H3/b12-10+. The number of nitrogens with zero attached hydrogens (tertiary/aromatic N) is 3. The summed E-state index contributed by atoms with van der Waals surface area (Å²) >= 11 is 0. The van der Waals surface area contributed by atoms with Crippen molar-refractivity contribution < 1.29 is 19.0 Å². The van der Waals surface area contributed by atoms with E-state index < -0.39 is 0 Å². The van der Waals surface area contributed by atoms with Crippen LogP contribution in [0.25, 0.3) is 23.0 Å². The summed E-state index contributed by atoms with van der Waals surface area (Å²) in [7, 11) is 3.15. The van der Waals surface area contributed by atoms with Crippen molar-refractivity contribution in [2.24, 2.45) is 0 Å². The first kappa shape index (κ1) is 22.9. The number of hydrogen-bond acceptors (Lipinski definition) is 6. The number of allylic oxidation sites excluding steroid dienone is 1. The van der Waals surface area contributed by atoms with Gasteiger partial charge in [-0.15, -0.1) is 0 Å². The highest BCUT2D eigenvalue weighted by molar-refractivity contribution is 6.07. The van der Waals surface area contributed by atoms with Crippen LogP contribution in [0.2, 0.25) is 0 Å². The third-order valence-corrected chi connectivity index (χ3v) is 5.11. The van der Waals surface area contributed by atoms with Gasteiger partial charge >= 0.3 is 0 Å². The third kappa shape index (κ3) is 5.39. The van der Waals surface area contributed by atoms with Crippen LogP contribution in [-0.4, -0.2) is 48.0 Å². The van der Waals surface area contributed by atoms with Crippen molar-refractivity contribution in [2.45, 2.75) is 0 Å². The summed E-state index contributed by atoms with van der Waals surface area (Å²) in [6, 6.07) is 18.7. The Morgan fingerprint density at radius 3 is 2.59 bits per heavy atom. The maximum Gasteiger partial charge on any atom is 0.185 e. The van der Waals surface area contributed by atoms with Crippen LogP contribution in [0.3, 0.4) is 0 Å². The van der Waals surface area contributed by atoms with Gasteiger partial charge in [0.1, 0.15) is 12.3 Å². The summed E-state index contributed by atoms with van der Waals surface area (Å²) in [6.07, 6.45) is 8.67. The highest BCUT2D eigenvalue weighted by Gasteiger charge is 2.13. The Balaban J connectivity index is 1.61. The monoisotopic (exact) mass is 455 g/mol. The van der Waals surface area contributed by atoms with E-state index in [-0.39, 0.29) is 5.78 Å². The van der Waals surface area contributed by atoms with Crippen LogP contribution in [-0.2, 0) is 4.74 Å². The highest BCUT2D eigenvalue weighted by Crippen LogP contribution is 2.29. The summed E-state index contributed by atoms with van der Waals surface area (Å²) in [6.45, 7) is 0.852. The molecule has 7 nitrogen and oxygen atoms in total. The van der Waals surface area contributed by atoms with Gasteiger partial charge in [0.15, 0.2) is 17.3 Å². The molecular formula is C27H25N3O4. The molecule has 172 valence electrons. The predicted octanol–water partition coefficient (Wildman–Crippen LogP) is 4.86. The zero-order valence-corrected chi connectivity index (χ0v) is 19.0. The van der Waals surface area contributed by atoms with Gasteiger partial charge in [0.2, 0.25) is 0 Å². The van der Waals surface area contributed by atoms with Gasteiger partial charge in [-0.1, -0.05) is 18.2 Å². The van der Waals surface area contributed by atoms with Crippen LogP contribution in [0.1, 0.15) is 15.9 Å². The number of hydrogen-bond donors (Lipinski definition) is 0. The lowest BCUT2D eigenvalue weighted by Crippen LogP contribution is -2.06. The first-order valence-electron chi connectivity index (χ1n) is 10.8. The van der Waals surface area contributed by atoms with Gasteiger partial charge in [-0.2, -0.15) is 5.10 Å². The Hall–Kier alpha value is -4.23. The minimum atomic E-state index is -0.161. The van der Waals surface area contributed by atoms with Crippen molar-refractivity contribution in [2.75, 3.05) is 27.4 Å². The molecule has 0 atom stereocenters. The molecule has 34 heavy (non-hydrogen) atoms. The number of benzene rings is 2. The molecule has 2 aromatic carbocycles. The van der Waals surface area contributed by atoms with Crippen LogP contribution in [0.15, 0.2) is 85.3 Å². The van der Waals surface area contributed by atoms with E-state index >= 15 is 0 Å². The maximum atomic E-state index is 12.9. The molecule has 4 rings (SSSR count). The van der Waals surface area contributed by atoms with E-state index in [0.29, 0.717) is 30.3 Å². The molecule has 4 aromatic rings. The predicted molar refractivity (Wildman–Crippen MR) is 131 cm³/mol. The minimum absolute atomic E-state index is 0.161. The molecule has 0 amide bonds. The Bertz CT molecular complexity index is 1270. The number of ketones is 1. The fourth-order valence-electron chi connectivity index (χ4n) is 3.39. The first-order valence-corrected chi connectivity index (χ1v) is 10.8. The largest absolute Gasteiger partial charge is 0.493 e. The van der Waals surface area contributed by atoms with E-state index in [1.165, 1.54) is 6.08 Å². The molecule has 0 fully saturated rings. The fraction of sp³-hybridized carbons (Fsp3) is 0.148. The summed E-state index contributed by atoms with van der Waals surface area (Å²) in [5.74, 6) is 0.887. The summed E-state index contributed by atoms with van der Waals surface area (Å²) in [5, 5.41) is 4.74. The van der Waals surface area contributed by atoms with Crippen LogP contribution >= 0.6 is 0 Å². The van der Waals surface area contributed by atoms with Gasteiger partial charge in [-0.05, 0) is 54.6 Å². The molecule has 0 bridgehead atoms. The van der Waals surface area contributed by atoms with E-state index in [4.69, 9.17) is 19.3 Å². The number of carbonyl (C=O) groups excluding carboxylic acids is 1. The molecular weight excluding hydrogens is 430 g/mol. The van der Waals surface area contributed by atoms with E-state index in [2.05, 4.69) is 4.98 Å². The summed E-state index contributed by atoms with van der Waals surface area (Å²) in [5.41, 5.74) is 3.82. The molecule has 7 heteroatoms. The molecule has 0 saturated heterocycles. The number of pyridine rings is 1. The van der Waals surface area contributed by atoms with E-state index in [0.717, 1.165) is 22.5 Å². The number of aromatic nitrogens is 3. The molecule has 0 radical (unpaired) electrons. The fourth-order valence-corrected chi connectivity index (χ4v) is 3.39. The van der Waals surface area contributed by atoms with Crippen LogP contribution in [0, 0.1) is 0 Å². The van der Waals surface area contributed by atoms with Gasteiger partial charge in [0.25, 0.3) is 0 Å². The van der Waals surface area contributed by atoms with Gasteiger partial charge in [0, 0.05) is 42.4 Å². The summed E-state index contributed by atoms with van der Waals surface area (Å²) in [4.78, 5) is 17.1. The second-order valence-corrected chi connectivity index (χ2v) is 7.36.